The summed E-state index contributed by atoms with van der Waals surface area (Å²) in [5, 5.41) is 7.75. The molecular weight excluding hydrogens is 344 g/mol. The number of thioether (sulfide) groups is 2. The molecule has 10 heteroatoms. The van der Waals surface area contributed by atoms with E-state index < -0.39 is 0 Å². The molecular formula is C14H24N8S2. The molecule has 4 bridgehead atoms. The first-order valence-corrected chi connectivity index (χ1v) is 9.90. The van der Waals surface area contributed by atoms with Gasteiger partial charge in [0.25, 0.3) is 0 Å². The van der Waals surface area contributed by atoms with E-state index in [4.69, 9.17) is 0 Å². The lowest BCUT2D eigenvalue weighted by Crippen LogP contribution is -2.32. The molecule has 2 N–H and O–H groups in total. The number of hydrogen-bond acceptors (Lipinski definition) is 10. The summed E-state index contributed by atoms with van der Waals surface area (Å²) in [5.74, 6) is 0. The Morgan fingerprint density at radius 1 is 0.667 bits per heavy atom. The van der Waals surface area contributed by atoms with Crippen LogP contribution in [0.25, 0.3) is 0 Å². The minimum Gasteiger partial charge on any atom is -0.275 e. The van der Waals surface area contributed by atoms with E-state index in [-0.39, 0.29) is 0 Å². The lowest BCUT2D eigenvalue weighted by atomic mass is 10.3. The molecule has 0 aliphatic carbocycles. The lowest BCUT2D eigenvalue weighted by Gasteiger charge is -2.10. The second kappa shape index (κ2) is 8.61. The first-order chi connectivity index (χ1) is 11.7. The van der Waals surface area contributed by atoms with E-state index in [1.54, 1.807) is 23.5 Å². The van der Waals surface area contributed by atoms with Crippen LogP contribution in [-0.2, 0) is 0 Å². The van der Waals surface area contributed by atoms with E-state index >= 15 is 0 Å². The van der Waals surface area contributed by atoms with Crippen molar-refractivity contribution in [3.63, 3.8) is 0 Å². The van der Waals surface area contributed by atoms with Gasteiger partial charge in [0.1, 0.15) is 0 Å². The monoisotopic (exact) mass is 368 g/mol. The van der Waals surface area contributed by atoms with Crippen molar-refractivity contribution in [1.82, 2.24) is 20.9 Å². The van der Waals surface area contributed by atoms with Crippen molar-refractivity contribution in [1.29, 1.82) is 0 Å². The zero-order chi connectivity index (χ0) is 16.8. The summed E-state index contributed by atoms with van der Waals surface area (Å²) in [5.41, 5.74) is 6.48. The van der Waals surface area contributed by atoms with Gasteiger partial charge in [0.2, 0.25) is 0 Å². The first kappa shape index (κ1) is 17.4. The highest BCUT2D eigenvalue weighted by molar-refractivity contribution is 8.27. The fraction of sp³-hybridized carbons (Fsp3) is 0.714. The number of hydrazine groups is 2. The number of aliphatic imine (C=N–C) groups is 4. The molecule has 132 valence electrons. The van der Waals surface area contributed by atoms with Gasteiger partial charge in [0, 0.05) is 40.3 Å². The standard InChI is InChI=1S/C14H24N8S2/c1-21-13-17-9-5-6-10-18-14-22(2)20-12(24-14)16-8-4-3-7-15-11(19-21)23-13/h3-10H2,1-2H3,(H,15,19)(H,16,20). The molecule has 0 atom stereocenters. The quantitative estimate of drug-likeness (QED) is 0.672. The summed E-state index contributed by atoms with van der Waals surface area (Å²) >= 11 is 3.23. The second-order valence-electron chi connectivity index (χ2n) is 5.66. The zero-order valence-electron chi connectivity index (χ0n) is 14.2. The second-order valence-corrected chi connectivity index (χ2v) is 7.57. The predicted octanol–water partition coefficient (Wildman–Crippen LogP) is 1.35. The van der Waals surface area contributed by atoms with Gasteiger partial charge in [-0.2, -0.15) is 0 Å². The molecule has 3 heterocycles. The van der Waals surface area contributed by atoms with Crippen LogP contribution in [-0.4, -0.2) is 71.0 Å². The Labute approximate surface area is 151 Å². The van der Waals surface area contributed by atoms with Crippen LogP contribution in [0.2, 0.25) is 0 Å². The van der Waals surface area contributed by atoms with Crippen LogP contribution in [0.4, 0.5) is 0 Å². The Morgan fingerprint density at radius 2 is 1.04 bits per heavy atom. The normalized spacial score (nSPS) is 23.2. The Balaban J connectivity index is 1.63. The van der Waals surface area contributed by atoms with Gasteiger partial charge < -0.3 is 0 Å². The van der Waals surface area contributed by atoms with Gasteiger partial charge in [0.15, 0.2) is 20.7 Å². The Hall–Kier alpha value is -1.42. The van der Waals surface area contributed by atoms with E-state index in [1.165, 1.54) is 0 Å². The molecule has 0 unspecified atom stereocenters. The average Bonchev–Trinajstić information content (AvgIpc) is 3.08. The highest BCUT2D eigenvalue weighted by Gasteiger charge is 2.22. The van der Waals surface area contributed by atoms with Crippen molar-refractivity contribution in [2.75, 3.05) is 40.3 Å². The third-order valence-corrected chi connectivity index (χ3v) is 5.61. The molecule has 2 saturated heterocycles. The number of amidine groups is 4. The van der Waals surface area contributed by atoms with Gasteiger partial charge in [-0.1, -0.05) is 0 Å². The molecule has 0 aromatic heterocycles. The van der Waals surface area contributed by atoms with Crippen molar-refractivity contribution in [2.24, 2.45) is 20.0 Å². The SMILES string of the molecule is CN1NC2=NCCCCN=C3NN(C)C(=NCCCCN=C1S2)S3. The van der Waals surface area contributed by atoms with E-state index in [1.807, 2.05) is 24.1 Å². The third-order valence-electron chi connectivity index (χ3n) is 3.61. The van der Waals surface area contributed by atoms with Crippen LogP contribution in [0.5, 0.6) is 0 Å². The van der Waals surface area contributed by atoms with Crippen LogP contribution >= 0.6 is 23.5 Å². The molecule has 3 aliphatic heterocycles. The maximum absolute atomic E-state index is 4.66. The highest BCUT2D eigenvalue weighted by atomic mass is 32.2. The minimum atomic E-state index is 0.814. The van der Waals surface area contributed by atoms with E-state index in [2.05, 4.69) is 30.8 Å². The smallest absolute Gasteiger partial charge is 0.185 e. The number of rotatable bonds is 0. The van der Waals surface area contributed by atoms with Gasteiger partial charge >= 0.3 is 0 Å². The number of nitrogens with one attached hydrogen (secondary N) is 2. The van der Waals surface area contributed by atoms with Crippen LogP contribution < -0.4 is 10.9 Å². The van der Waals surface area contributed by atoms with Crippen molar-refractivity contribution in [3.05, 3.63) is 0 Å². The van der Waals surface area contributed by atoms with Crippen molar-refractivity contribution in [3.8, 4) is 0 Å². The van der Waals surface area contributed by atoms with Crippen molar-refractivity contribution >= 4 is 44.2 Å². The Morgan fingerprint density at radius 3 is 1.46 bits per heavy atom. The summed E-state index contributed by atoms with van der Waals surface area (Å²) < 4.78 is 0. The molecule has 24 heavy (non-hydrogen) atoms. The predicted molar refractivity (Wildman–Crippen MR) is 105 cm³/mol. The third kappa shape index (κ3) is 4.79. The van der Waals surface area contributed by atoms with Gasteiger partial charge in [-0.05, 0) is 49.2 Å². The molecule has 3 aliphatic rings. The molecule has 0 aromatic carbocycles. The number of fused-ring (bicyclic) bond motifs is 4. The van der Waals surface area contributed by atoms with E-state index in [0.717, 1.165) is 72.5 Å². The molecule has 0 saturated carbocycles. The van der Waals surface area contributed by atoms with Crippen LogP contribution in [0.3, 0.4) is 0 Å². The zero-order valence-corrected chi connectivity index (χ0v) is 15.8. The largest absolute Gasteiger partial charge is 0.275 e. The lowest BCUT2D eigenvalue weighted by molar-refractivity contribution is 0.472. The van der Waals surface area contributed by atoms with E-state index in [0.29, 0.717) is 0 Å². The fourth-order valence-electron chi connectivity index (χ4n) is 2.31. The topological polar surface area (TPSA) is 80.0 Å². The summed E-state index contributed by atoms with van der Waals surface area (Å²) in [6.45, 7) is 3.27. The van der Waals surface area contributed by atoms with Gasteiger partial charge in [-0.25, -0.2) is 0 Å². The molecule has 0 amide bonds. The number of nitrogens with zero attached hydrogens (tertiary/aromatic N) is 6. The maximum Gasteiger partial charge on any atom is 0.185 e. The van der Waals surface area contributed by atoms with Gasteiger partial charge in [0.05, 0.1) is 0 Å². The highest BCUT2D eigenvalue weighted by Crippen LogP contribution is 2.18. The molecule has 3 rings (SSSR count). The molecule has 8 nitrogen and oxygen atoms in total. The first-order valence-electron chi connectivity index (χ1n) is 8.26. The summed E-state index contributed by atoms with van der Waals surface area (Å²) in [6, 6.07) is 0. The van der Waals surface area contributed by atoms with Gasteiger partial charge in [-0.3, -0.25) is 40.8 Å². The Kier molecular flexibility index (Phi) is 6.24. The molecule has 0 radical (unpaired) electrons. The summed E-state index contributed by atoms with van der Waals surface area (Å²) in [4.78, 5) is 18.5. The minimum absolute atomic E-state index is 0.814. The molecule has 0 spiro atoms. The van der Waals surface area contributed by atoms with Crippen molar-refractivity contribution < 1.29 is 0 Å². The van der Waals surface area contributed by atoms with Gasteiger partial charge in [-0.15, -0.1) is 0 Å². The van der Waals surface area contributed by atoms with Crippen LogP contribution in [0.1, 0.15) is 25.7 Å². The average molecular weight is 369 g/mol. The summed E-state index contributed by atoms with van der Waals surface area (Å²) in [7, 11) is 3.96. The molecule has 0 aromatic rings. The van der Waals surface area contributed by atoms with Crippen molar-refractivity contribution in [2.45, 2.75) is 25.7 Å². The maximum atomic E-state index is 4.66. The Bertz CT molecular complexity index is 521. The van der Waals surface area contributed by atoms with Crippen LogP contribution in [0.15, 0.2) is 20.0 Å². The molecule has 2 fully saturated rings. The van der Waals surface area contributed by atoms with E-state index in [9.17, 15) is 0 Å². The summed E-state index contributed by atoms with van der Waals surface area (Å²) in [6.07, 6.45) is 4.12. The fourth-order valence-corrected chi connectivity index (χ4v) is 4.01. The van der Waals surface area contributed by atoms with Crippen LogP contribution in [0, 0.1) is 0 Å². The number of hydrogen-bond donors (Lipinski definition) is 2.